The zero-order chi connectivity index (χ0) is 32.2. The van der Waals surface area contributed by atoms with Crippen molar-refractivity contribution in [2.45, 2.75) is 33.6 Å². The Morgan fingerprint density at radius 1 is 1.11 bits per heavy atom. The Balaban J connectivity index is 1.34. The van der Waals surface area contributed by atoms with Gasteiger partial charge in [-0.25, -0.2) is 4.98 Å². The first-order chi connectivity index (χ1) is 21.8. The second kappa shape index (κ2) is 16.8. The molecule has 0 spiro atoms. The van der Waals surface area contributed by atoms with E-state index in [0.717, 1.165) is 44.9 Å². The van der Waals surface area contributed by atoms with Crippen LogP contribution < -0.4 is 15.0 Å². The third-order valence-corrected chi connectivity index (χ3v) is 8.08. The molecule has 2 N–H and O–H groups in total. The third-order valence-electron chi connectivity index (χ3n) is 7.20. The standard InChI is InChI=1S/C35H41N3O6S/c1-5-8-30(24(3)6-2)34(41)38-14-13-27-23-28(11-12-31(27)38)33-25(4)45-35(37-33)36-32(40)22-26-9-7-10-29(21-26)44-20-19-43-18-17-42-16-15-39/h5-12,21,23,39H,2,13-20,22H2,1,3-4H3,(H,36,37,40)/b8-5-,30-24+. The van der Waals surface area contributed by atoms with Crippen molar-refractivity contribution in [1.29, 1.82) is 0 Å². The molecule has 0 saturated carbocycles. The van der Waals surface area contributed by atoms with Crippen LogP contribution in [0.4, 0.5) is 10.8 Å². The SMILES string of the molecule is C=C/C(C)=C(\C=C/C)C(=O)N1CCc2cc(-c3nc(NC(=O)Cc4cccc(OCCOCCOCCO)c4)sc3C)ccc21. The monoisotopic (exact) mass is 631 g/mol. The molecule has 4 rings (SSSR count). The maximum Gasteiger partial charge on any atom is 0.258 e. The van der Waals surface area contributed by atoms with Gasteiger partial charge < -0.3 is 29.5 Å². The minimum Gasteiger partial charge on any atom is -0.491 e. The molecule has 0 atom stereocenters. The van der Waals surface area contributed by atoms with Gasteiger partial charge in [-0.2, -0.15) is 0 Å². The number of aryl methyl sites for hydroxylation is 1. The van der Waals surface area contributed by atoms with E-state index in [1.54, 1.807) is 6.08 Å². The van der Waals surface area contributed by atoms with Gasteiger partial charge in [0.1, 0.15) is 12.4 Å². The number of fused-ring (bicyclic) bond motifs is 1. The number of rotatable bonds is 16. The van der Waals surface area contributed by atoms with Gasteiger partial charge in [-0.3, -0.25) is 9.59 Å². The van der Waals surface area contributed by atoms with Crippen molar-refractivity contribution in [3.8, 4) is 17.0 Å². The summed E-state index contributed by atoms with van der Waals surface area (Å²) in [5, 5.41) is 12.2. The zero-order valence-electron chi connectivity index (χ0n) is 26.1. The van der Waals surface area contributed by atoms with Gasteiger partial charge in [-0.15, -0.1) is 11.3 Å². The summed E-state index contributed by atoms with van der Waals surface area (Å²) >= 11 is 1.44. The summed E-state index contributed by atoms with van der Waals surface area (Å²) < 4.78 is 16.3. The van der Waals surface area contributed by atoms with Gasteiger partial charge >= 0.3 is 0 Å². The molecule has 1 aromatic heterocycles. The van der Waals surface area contributed by atoms with E-state index in [4.69, 9.17) is 24.3 Å². The number of hydrogen-bond donors (Lipinski definition) is 2. The predicted molar refractivity (Wildman–Crippen MR) is 179 cm³/mol. The largest absolute Gasteiger partial charge is 0.491 e. The summed E-state index contributed by atoms with van der Waals surface area (Å²) in [4.78, 5) is 33.8. The maximum atomic E-state index is 13.4. The molecule has 1 aliphatic rings. The van der Waals surface area contributed by atoms with E-state index in [1.165, 1.54) is 11.3 Å². The first kappa shape index (κ1) is 33.8. The highest BCUT2D eigenvalue weighted by Gasteiger charge is 2.27. The van der Waals surface area contributed by atoms with Crippen molar-refractivity contribution >= 4 is 34.0 Å². The molecule has 0 unspecified atom stereocenters. The number of benzene rings is 2. The number of carbonyl (C=O) groups is 2. The van der Waals surface area contributed by atoms with E-state index in [0.29, 0.717) is 56.0 Å². The number of aromatic nitrogens is 1. The van der Waals surface area contributed by atoms with Crippen LogP contribution in [-0.2, 0) is 31.9 Å². The minimum atomic E-state index is -0.165. The fraction of sp³-hybridized carbons (Fsp3) is 0.343. The van der Waals surface area contributed by atoms with E-state index in [1.807, 2.05) is 74.2 Å². The van der Waals surface area contributed by atoms with E-state index in [2.05, 4.69) is 18.0 Å². The van der Waals surface area contributed by atoms with Crippen molar-refractivity contribution < 1.29 is 28.9 Å². The molecule has 2 amide bonds. The highest BCUT2D eigenvalue weighted by Crippen LogP contribution is 2.36. The zero-order valence-corrected chi connectivity index (χ0v) is 27.0. The molecule has 2 aromatic carbocycles. The Labute approximate surface area is 268 Å². The number of aliphatic hydroxyl groups is 1. The molecule has 1 aliphatic heterocycles. The van der Waals surface area contributed by atoms with Crippen LogP contribution in [0.5, 0.6) is 5.75 Å². The van der Waals surface area contributed by atoms with Crippen LogP contribution in [0.1, 0.15) is 29.9 Å². The highest BCUT2D eigenvalue weighted by atomic mass is 32.1. The molecular weight excluding hydrogens is 590 g/mol. The third kappa shape index (κ3) is 9.21. The fourth-order valence-corrected chi connectivity index (χ4v) is 5.82. The molecule has 0 aliphatic carbocycles. The summed E-state index contributed by atoms with van der Waals surface area (Å²) in [5.41, 5.74) is 6.08. The van der Waals surface area contributed by atoms with Gasteiger partial charge in [0.2, 0.25) is 5.91 Å². The first-order valence-corrected chi connectivity index (χ1v) is 15.8. The number of ether oxygens (including phenoxy) is 3. The summed E-state index contributed by atoms with van der Waals surface area (Å²) in [6.07, 6.45) is 6.35. The Bertz CT molecular complexity index is 1560. The van der Waals surface area contributed by atoms with Crippen LogP contribution in [0.2, 0.25) is 0 Å². The lowest BCUT2D eigenvalue weighted by atomic mass is 10.0. The van der Waals surface area contributed by atoms with Crippen molar-refractivity contribution in [3.63, 3.8) is 0 Å². The normalized spacial score (nSPS) is 13.1. The Morgan fingerprint density at radius 3 is 2.64 bits per heavy atom. The second-order valence-corrected chi connectivity index (χ2v) is 11.6. The summed E-state index contributed by atoms with van der Waals surface area (Å²) in [6, 6.07) is 13.5. The topological polar surface area (TPSA) is 110 Å². The molecule has 3 aromatic rings. The van der Waals surface area contributed by atoms with Crippen molar-refractivity contribution in [1.82, 2.24) is 4.98 Å². The molecule has 10 heteroatoms. The average Bonchev–Trinajstić information content (AvgIpc) is 3.63. The average molecular weight is 632 g/mol. The molecule has 9 nitrogen and oxygen atoms in total. The molecule has 0 radical (unpaired) electrons. The lowest BCUT2D eigenvalue weighted by Gasteiger charge is -2.19. The number of nitrogens with zero attached hydrogens (tertiary/aromatic N) is 2. The number of thiazole rings is 1. The Hall–Kier alpha value is -4.09. The quantitative estimate of drug-likeness (QED) is 0.119. The summed E-state index contributed by atoms with van der Waals surface area (Å²) in [5.74, 6) is 0.464. The number of nitrogens with one attached hydrogen (secondary N) is 1. The molecule has 45 heavy (non-hydrogen) atoms. The van der Waals surface area contributed by atoms with Crippen LogP contribution in [0.15, 0.2) is 78.4 Å². The molecule has 2 heterocycles. The van der Waals surface area contributed by atoms with Crippen molar-refractivity contribution in [3.05, 3.63) is 94.4 Å². The van der Waals surface area contributed by atoms with Crippen molar-refractivity contribution in [2.75, 3.05) is 56.4 Å². The van der Waals surface area contributed by atoms with Gasteiger partial charge in [-0.05, 0) is 68.2 Å². The van der Waals surface area contributed by atoms with Crippen LogP contribution in [0.3, 0.4) is 0 Å². The van der Waals surface area contributed by atoms with E-state index in [9.17, 15) is 9.59 Å². The molecule has 238 valence electrons. The van der Waals surface area contributed by atoms with Gasteiger partial charge in [0, 0.05) is 28.2 Å². The molecule has 0 saturated heterocycles. The predicted octanol–water partition coefficient (Wildman–Crippen LogP) is 5.67. The van der Waals surface area contributed by atoms with Crippen LogP contribution in [0, 0.1) is 6.92 Å². The maximum absolute atomic E-state index is 13.4. The van der Waals surface area contributed by atoms with Gasteiger partial charge in [0.05, 0.1) is 45.1 Å². The number of aliphatic hydroxyl groups excluding tert-OH is 1. The lowest BCUT2D eigenvalue weighted by molar-refractivity contribution is -0.116. The molecular formula is C35H41N3O6S. The van der Waals surface area contributed by atoms with E-state index in [-0.39, 0.29) is 24.8 Å². The van der Waals surface area contributed by atoms with Gasteiger partial charge in [0.15, 0.2) is 5.13 Å². The number of allylic oxidation sites excluding steroid dienone is 3. The van der Waals surface area contributed by atoms with Crippen LogP contribution in [-0.4, -0.2) is 68.1 Å². The smallest absolute Gasteiger partial charge is 0.258 e. The lowest BCUT2D eigenvalue weighted by Crippen LogP contribution is -2.30. The number of amides is 2. The van der Waals surface area contributed by atoms with Crippen LogP contribution in [0.25, 0.3) is 11.3 Å². The van der Waals surface area contributed by atoms with E-state index >= 15 is 0 Å². The summed E-state index contributed by atoms with van der Waals surface area (Å²) in [6.45, 7) is 12.2. The second-order valence-electron chi connectivity index (χ2n) is 10.4. The van der Waals surface area contributed by atoms with Crippen molar-refractivity contribution in [2.24, 2.45) is 0 Å². The highest BCUT2D eigenvalue weighted by molar-refractivity contribution is 7.16. The van der Waals surface area contributed by atoms with Crippen LogP contribution >= 0.6 is 11.3 Å². The number of anilines is 2. The first-order valence-electron chi connectivity index (χ1n) is 15.0. The molecule has 0 bridgehead atoms. The summed E-state index contributed by atoms with van der Waals surface area (Å²) in [7, 11) is 0. The van der Waals surface area contributed by atoms with E-state index < -0.39 is 0 Å². The number of hydrogen-bond acceptors (Lipinski definition) is 8. The Morgan fingerprint density at radius 2 is 1.89 bits per heavy atom. The fourth-order valence-electron chi connectivity index (χ4n) is 4.97. The van der Waals surface area contributed by atoms with Gasteiger partial charge in [0.25, 0.3) is 5.91 Å². The van der Waals surface area contributed by atoms with Gasteiger partial charge in [-0.1, -0.05) is 43.0 Å². The molecule has 0 fully saturated rings. The minimum absolute atomic E-state index is 0.00485. The Kier molecular flexibility index (Phi) is 12.6. The number of carbonyl (C=O) groups excluding carboxylic acids is 2.